The zero-order valence-electron chi connectivity index (χ0n) is 11.7. The van der Waals surface area contributed by atoms with Crippen molar-refractivity contribution in [2.45, 2.75) is 26.7 Å². The molecule has 0 aromatic heterocycles. The standard InChI is InChI=1S/C12H23N3O4/c1-8(2)4-9(5-11(17)18)6-14-12(19)15(3)7-10(13)16/h8-9H,4-7H2,1-3H3,(H2,13,16)(H,14,19)(H,17,18). The van der Waals surface area contributed by atoms with E-state index < -0.39 is 17.9 Å². The number of urea groups is 1. The molecule has 0 fully saturated rings. The highest BCUT2D eigenvalue weighted by Crippen LogP contribution is 2.14. The highest BCUT2D eigenvalue weighted by atomic mass is 16.4. The van der Waals surface area contributed by atoms with E-state index in [2.05, 4.69) is 5.32 Å². The Kier molecular flexibility index (Phi) is 7.55. The molecule has 0 radical (unpaired) electrons. The molecule has 7 nitrogen and oxygen atoms in total. The topological polar surface area (TPSA) is 113 Å². The molecule has 0 rings (SSSR count). The van der Waals surface area contributed by atoms with Gasteiger partial charge in [0.25, 0.3) is 0 Å². The van der Waals surface area contributed by atoms with Gasteiger partial charge in [0.15, 0.2) is 0 Å². The lowest BCUT2D eigenvalue weighted by Gasteiger charge is -2.21. The SMILES string of the molecule is CC(C)CC(CNC(=O)N(C)CC(N)=O)CC(=O)O. The average Bonchev–Trinajstić information content (AvgIpc) is 2.22. The van der Waals surface area contributed by atoms with Gasteiger partial charge >= 0.3 is 12.0 Å². The van der Waals surface area contributed by atoms with E-state index in [1.54, 1.807) is 0 Å². The molecule has 7 heteroatoms. The first kappa shape index (κ1) is 17.2. The van der Waals surface area contributed by atoms with Gasteiger partial charge in [0.2, 0.25) is 5.91 Å². The van der Waals surface area contributed by atoms with Crippen LogP contribution in [0, 0.1) is 11.8 Å². The summed E-state index contributed by atoms with van der Waals surface area (Å²) in [5, 5.41) is 11.4. The van der Waals surface area contributed by atoms with E-state index in [0.717, 1.165) is 4.90 Å². The average molecular weight is 273 g/mol. The van der Waals surface area contributed by atoms with E-state index in [1.165, 1.54) is 7.05 Å². The van der Waals surface area contributed by atoms with Crippen molar-refractivity contribution in [3.63, 3.8) is 0 Å². The van der Waals surface area contributed by atoms with E-state index in [1.807, 2.05) is 13.8 Å². The lowest BCUT2D eigenvalue weighted by molar-refractivity contribution is -0.138. The van der Waals surface area contributed by atoms with Gasteiger partial charge in [-0.05, 0) is 18.3 Å². The predicted octanol–water partition coefficient (Wildman–Crippen LogP) is 0.250. The minimum Gasteiger partial charge on any atom is -0.481 e. The number of primary amides is 1. The number of carboxylic acids is 1. The fourth-order valence-electron chi connectivity index (χ4n) is 1.82. The van der Waals surface area contributed by atoms with Crippen molar-refractivity contribution >= 4 is 17.9 Å². The summed E-state index contributed by atoms with van der Waals surface area (Å²) in [6.45, 7) is 4.10. The Morgan fingerprint density at radius 1 is 1.32 bits per heavy atom. The Morgan fingerprint density at radius 3 is 2.32 bits per heavy atom. The van der Waals surface area contributed by atoms with Crippen LogP contribution in [0.4, 0.5) is 4.79 Å². The molecule has 0 heterocycles. The molecule has 3 amide bonds. The second-order valence-corrected chi connectivity index (χ2v) is 5.10. The molecule has 4 N–H and O–H groups in total. The molecule has 0 saturated carbocycles. The molecule has 0 aromatic rings. The van der Waals surface area contributed by atoms with Gasteiger partial charge in [-0.2, -0.15) is 0 Å². The fourth-order valence-corrected chi connectivity index (χ4v) is 1.82. The van der Waals surface area contributed by atoms with Crippen LogP contribution in [-0.4, -0.2) is 48.1 Å². The summed E-state index contributed by atoms with van der Waals surface area (Å²) in [4.78, 5) is 34.2. The van der Waals surface area contributed by atoms with Crippen LogP contribution in [0.3, 0.4) is 0 Å². The zero-order chi connectivity index (χ0) is 15.0. The predicted molar refractivity (Wildman–Crippen MR) is 70.4 cm³/mol. The van der Waals surface area contributed by atoms with Crippen molar-refractivity contribution in [1.82, 2.24) is 10.2 Å². The maximum atomic E-state index is 11.6. The maximum Gasteiger partial charge on any atom is 0.317 e. The van der Waals surface area contributed by atoms with E-state index in [0.29, 0.717) is 12.3 Å². The van der Waals surface area contributed by atoms with Crippen molar-refractivity contribution in [2.24, 2.45) is 17.6 Å². The van der Waals surface area contributed by atoms with Gasteiger partial charge < -0.3 is 21.1 Å². The maximum absolute atomic E-state index is 11.6. The number of hydrogen-bond acceptors (Lipinski definition) is 3. The quantitative estimate of drug-likeness (QED) is 0.588. The first-order valence-electron chi connectivity index (χ1n) is 6.21. The zero-order valence-corrected chi connectivity index (χ0v) is 11.7. The summed E-state index contributed by atoms with van der Waals surface area (Å²) >= 11 is 0. The van der Waals surface area contributed by atoms with Gasteiger partial charge in [-0.1, -0.05) is 13.8 Å². The normalized spacial score (nSPS) is 12.0. The first-order chi connectivity index (χ1) is 8.72. The smallest absolute Gasteiger partial charge is 0.317 e. The van der Waals surface area contributed by atoms with Crippen molar-refractivity contribution in [1.29, 1.82) is 0 Å². The molecular formula is C12H23N3O4. The van der Waals surface area contributed by atoms with Crippen LogP contribution in [0.5, 0.6) is 0 Å². The number of aliphatic carboxylic acids is 1. The number of amides is 3. The van der Waals surface area contributed by atoms with Gasteiger partial charge in [0.05, 0.1) is 0 Å². The molecule has 1 atom stereocenters. The first-order valence-corrected chi connectivity index (χ1v) is 6.21. The molecule has 0 aliphatic carbocycles. The molecule has 19 heavy (non-hydrogen) atoms. The molecule has 1 unspecified atom stereocenters. The van der Waals surface area contributed by atoms with E-state index >= 15 is 0 Å². The molecule has 0 saturated heterocycles. The highest BCUT2D eigenvalue weighted by Gasteiger charge is 2.17. The largest absolute Gasteiger partial charge is 0.481 e. The third kappa shape index (κ3) is 8.87. The summed E-state index contributed by atoms with van der Waals surface area (Å²) in [7, 11) is 1.45. The Bertz CT molecular complexity index is 331. The number of carbonyl (C=O) groups excluding carboxylic acids is 2. The molecular weight excluding hydrogens is 250 g/mol. The lowest BCUT2D eigenvalue weighted by Crippen LogP contribution is -2.43. The lowest BCUT2D eigenvalue weighted by atomic mass is 9.94. The van der Waals surface area contributed by atoms with E-state index in [9.17, 15) is 14.4 Å². The molecule has 0 aromatic carbocycles. The molecule has 0 spiro atoms. The van der Waals surface area contributed by atoms with Crippen molar-refractivity contribution < 1.29 is 19.5 Å². The Morgan fingerprint density at radius 2 is 1.89 bits per heavy atom. The van der Waals surface area contributed by atoms with E-state index in [4.69, 9.17) is 10.8 Å². The number of carbonyl (C=O) groups is 3. The van der Waals surface area contributed by atoms with Crippen LogP contribution in [0.15, 0.2) is 0 Å². The monoisotopic (exact) mass is 273 g/mol. The summed E-state index contributed by atoms with van der Waals surface area (Å²) in [6.07, 6.45) is 0.726. The number of carboxylic acid groups (broad SMARTS) is 1. The number of likely N-dealkylation sites (N-methyl/N-ethyl adjacent to an activating group) is 1. The van der Waals surface area contributed by atoms with Gasteiger partial charge in [-0.25, -0.2) is 4.79 Å². The van der Waals surface area contributed by atoms with Crippen molar-refractivity contribution in [3.8, 4) is 0 Å². The number of rotatable bonds is 8. The number of nitrogens with one attached hydrogen (secondary N) is 1. The minimum atomic E-state index is -0.884. The van der Waals surface area contributed by atoms with Gasteiger partial charge in [-0.15, -0.1) is 0 Å². The number of nitrogens with two attached hydrogens (primary N) is 1. The van der Waals surface area contributed by atoms with Crippen LogP contribution in [0.25, 0.3) is 0 Å². The van der Waals surface area contributed by atoms with Crippen LogP contribution >= 0.6 is 0 Å². The van der Waals surface area contributed by atoms with Crippen LogP contribution in [-0.2, 0) is 9.59 Å². The molecule has 110 valence electrons. The van der Waals surface area contributed by atoms with E-state index in [-0.39, 0.29) is 25.4 Å². The Hall–Kier alpha value is -1.79. The highest BCUT2D eigenvalue weighted by molar-refractivity contribution is 5.82. The molecule has 0 aliphatic rings. The summed E-state index contributed by atoms with van der Waals surface area (Å²) in [6, 6.07) is -0.432. The Labute approximate surface area is 113 Å². The summed E-state index contributed by atoms with van der Waals surface area (Å²) in [5.41, 5.74) is 4.98. The molecule has 0 aliphatic heterocycles. The second kappa shape index (κ2) is 8.34. The van der Waals surface area contributed by atoms with Crippen molar-refractivity contribution in [3.05, 3.63) is 0 Å². The minimum absolute atomic E-state index is 0.0119. The van der Waals surface area contributed by atoms with Gasteiger partial charge in [0, 0.05) is 20.0 Å². The molecule has 0 bridgehead atoms. The summed E-state index contributed by atoms with van der Waals surface area (Å²) < 4.78 is 0. The second-order valence-electron chi connectivity index (χ2n) is 5.10. The van der Waals surface area contributed by atoms with Crippen LogP contribution in [0.1, 0.15) is 26.7 Å². The van der Waals surface area contributed by atoms with Gasteiger partial charge in [-0.3, -0.25) is 9.59 Å². The number of nitrogens with zero attached hydrogens (tertiary/aromatic N) is 1. The van der Waals surface area contributed by atoms with Gasteiger partial charge in [0.1, 0.15) is 6.54 Å². The van der Waals surface area contributed by atoms with Crippen molar-refractivity contribution in [2.75, 3.05) is 20.1 Å². The Balaban J connectivity index is 4.25. The third-order valence-corrected chi connectivity index (χ3v) is 2.55. The number of hydrogen-bond donors (Lipinski definition) is 3. The van der Waals surface area contributed by atoms with Crippen LogP contribution < -0.4 is 11.1 Å². The van der Waals surface area contributed by atoms with Crippen LogP contribution in [0.2, 0.25) is 0 Å². The fraction of sp³-hybridized carbons (Fsp3) is 0.750. The summed E-state index contributed by atoms with van der Waals surface area (Å²) in [5.74, 6) is -1.25. The third-order valence-electron chi connectivity index (χ3n) is 2.55.